The van der Waals surface area contributed by atoms with Crippen molar-refractivity contribution in [2.45, 2.75) is 264 Å². The van der Waals surface area contributed by atoms with Gasteiger partial charge in [0, 0.05) is 19.3 Å². The van der Waals surface area contributed by atoms with Crippen LogP contribution in [0.1, 0.15) is 258 Å². The average molecular weight is 763 g/mol. The Bertz CT molecular complexity index is 839. The van der Waals surface area contributed by atoms with E-state index in [1.54, 1.807) is 0 Å². The summed E-state index contributed by atoms with van der Waals surface area (Å²) in [6, 6.07) is 0. The molecule has 0 saturated carbocycles. The number of carbonyl (C=O) groups is 3. The first-order valence-electron chi connectivity index (χ1n) is 23.7. The zero-order chi connectivity index (χ0) is 39.4. The molecule has 54 heavy (non-hydrogen) atoms. The van der Waals surface area contributed by atoms with Gasteiger partial charge in [0.15, 0.2) is 6.10 Å². The highest BCUT2D eigenvalue weighted by Gasteiger charge is 2.19. The Labute approximate surface area is 335 Å². The standard InChI is InChI=1S/C48H90O6/c1-4-7-10-13-16-19-20-21-22-23-24-25-26-27-30-32-35-38-41-47(50)53-44-45(54-48(51)42-39-36-33-29-18-15-12-9-6-3)43-52-46(49)40-37-34-31-28-17-14-11-8-5-2/h29,33,45H,4-28,30-32,34-44H2,1-3H3/b33-29-. The zero-order valence-corrected chi connectivity index (χ0v) is 36.3. The number of rotatable bonds is 43. The van der Waals surface area contributed by atoms with Crippen molar-refractivity contribution in [3.05, 3.63) is 12.2 Å². The predicted molar refractivity (Wildman–Crippen MR) is 229 cm³/mol. The van der Waals surface area contributed by atoms with E-state index in [1.807, 2.05) is 0 Å². The van der Waals surface area contributed by atoms with E-state index in [9.17, 15) is 14.4 Å². The van der Waals surface area contributed by atoms with Crippen LogP contribution in [-0.4, -0.2) is 37.2 Å². The summed E-state index contributed by atoms with van der Waals surface area (Å²) in [5, 5.41) is 0. The minimum atomic E-state index is -0.775. The van der Waals surface area contributed by atoms with Gasteiger partial charge in [-0.1, -0.05) is 213 Å². The van der Waals surface area contributed by atoms with Crippen molar-refractivity contribution < 1.29 is 28.6 Å². The average Bonchev–Trinajstić information content (AvgIpc) is 3.17. The van der Waals surface area contributed by atoms with Gasteiger partial charge in [0.2, 0.25) is 0 Å². The van der Waals surface area contributed by atoms with Gasteiger partial charge >= 0.3 is 17.9 Å². The molecule has 0 amide bonds. The number of allylic oxidation sites excluding steroid dienone is 2. The highest BCUT2D eigenvalue weighted by molar-refractivity contribution is 5.71. The molecule has 1 atom stereocenters. The minimum absolute atomic E-state index is 0.0768. The summed E-state index contributed by atoms with van der Waals surface area (Å²) in [5.74, 6) is -0.906. The molecule has 0 heterocycles. The van der Waals surface area contributed by atoms with Gasteiger partial charge in [-0.25, -0.2) is 0 Å². The minimum Gasteiger partial charge on any atom is -0.462 e. The van der Waals surface area contributed by atoms with Crippen LogP contribution in [0.25, 0.3) is 0 Å². The molecule has 0 N–H and O–H groups in total. The Hall–Kier alpha value is -1.85. The molecule has 0 aromatic carbocycles. The molecule has 0 radical (unpaired) electrons. The normalized spacial score (nSPS) is 12.0. The van der Waals surface area contributed by atoms with Gasteiger partial charge in [-0.2, -0.15) is 0 Å². The smallest absolute Gasteiger partial charge is 0.306 e. The summed E-state index contributed by atoms with van der Waals surface area (Å²) in [6.45, 7) is 6.58. The molecule has 0 fully saturated rings. The number of unbranched alkanes of at least 4 members (excludes halogenated alkanes) is 30. The van der Waals surface area contributed by atoms with Crippen molar-refractivity contribution in [3.8, 4) is 0 Å². The molecule has 0 aromatic rings. The Balaban J connectivity index is 4.22. The van der Waals surface area contributed by atoms with E-state index in [1.165, 1.54) is 161 Å². The third-order valence-electron chi connectivity index (χ3n) is 10.5. The summed E-state index contributed by atoms with van der Waals surface area (Å²) < 4.78 is 16.6. The first-order chi connectivity index (χ1) is 26.5. The van der Waals surface area contributed by atoms with Crippen molar-refractivity contribution in [1.29, 1.82) is 0 Å². The van der Waals surface area contributed by atoms with Crippen LogP contribution in [0.3, 0.4) is 0 Å². The number of hydrogen-bond donors (Lipinski definition) is 0. The van der Waals surface area contributed by atoms with Crippen molar-refractivity contribution >= 4 is 17.9 Å². The maximum absolute atomic E-state index is 12.6. The van der Waals surface area contributed by atoms with Gasteiger partial charge in [0.25, 0.3) is 0 Å². The van der Waals surface area contributed by atoms with E-state index in [4.69, 9.17) is 14.2 Å². The molecule has 0 spiro atoms. The van der Waals surface area contributed by atoms with Gasteiger partial charge in [0.05, 0.1) is 0 Å². The number of hydrogen-bond acceptors (Lipinski definition) is 6. The SMILES string of the molecule is CCCCCC/C=C\CCCC(=O)OC(COC(=O)CCCCCCCCCCC)COC(=O)CCCCCCCCCCCCCCCCCCCC. The fourth-order valence-corrected chi connectivity index (χ4v) is 6.92. The van der Waals surface area contributed by atoms with Gasteiger partial charge in [0.1, 0.15) is 13.2 Å². The van der Waals surface area contributed by atoms with Crippen LogP contribution >= 0.6 is 0 Å². The van der Waals surface area contributed by atoms with E-state index >= 15 is 0 Å². The largest absolute Gasteiger partial charge is 0.462 e. The van der Waals surface area contributed by atoms with Crippen molar-refractivity contribution in [2.24, 2.45) is 0 Å². The lowest BCUT2D eigenvalue weighted by Crippen LogP contribution is -2.30. The lowest BCUT2D eigenvalue weighted by molar-refractivity contribution is -0.167. The summed E-state index contributed by atoms with van der Waals surface area (Å²) in [5.41, 5.74) is 0. The van der Waals surface area contributed by atoms with Crippen LogP contribution in [0.5, 0.6) is 0 Å². The van der Waals surface area contributed by atoms with E-state index in [0.717, 1.165) is 51.4 Å². The quantitative estimate of drug-likeness (QED) is 0.0266. The fourth-order valence-electron chi connectivity index (χ4n) is 6.92. The van der Waals surface area contributed by atoms with Gasteiger partial charge < -0.3 is 14.2 Å². The van der Waals surface area contributed by atoms with Crippen molar-refractivity contribution in [1.82, 2.24) is 0 Å². The first-order valence-corrected chi connectivity index (χ1v) is 23.7. The number of esters is 3. The summed E-state index contributed by atoms with van der Waals surface area (Å²) >= 11 is 0. The Morgan fingerprint density at radius 3 is 0.981 bits per heavy atom. The molecule has 6 nitrogen and oxygen atoms in total. The van der Waals surface area contributed by atoms with Crippen LogP contribution in [0.15, 0.2) is 12.2 Å². The first kappa shape index (κ1) is 52.2. The second-order valence-corrected chi connectivity index (χ2v) is 16.0. The lowest BCUT2D eigenvalue weighted by Gasteiger charge is -2.18. The van der Waals surface area contributed by atoms with E-state index in [-0.39, 0.29) is 37.5 Å². The molecule has 0 aromatic heterocycles. The number of ether oxygens (including phenoxy) is 3. The molecular weight excluding hydrogens is 673 g/mol. The van der Waals surface area contributed by atoms with Crippen molar-refractivity contribution in [2.75, 3.05) is 13.2 Å². The summed E-state index contributed by atoms with van der Waals surface area (Å²) in [4.78, 5) is 37.6. The second kappa shape index (κ2) is 43.9. The fraction of sp³-hybridized carbons (Fsp3) is 0.896. The third kappa shape index (κ3) is 41.3. The monoisotopic (exact) mass is 763 g/mol. The van der Waals surface area contributed by atoms with Crippen LogP contribution in [0.4, 0.5) is 0 Å². The Kier molecular flexibility index (Phi) is 42.4. The van der Waals surface area contributed by atoms with E-state index < -0.39 is 6.10 Å². The molecule has 0 aliphatic heterocycles. The summed E-state index contributed by atoms with van der Waals surface area (Å²) in [7, 11) is 0. The lowest BCUT2D eigenvalue weighted by atomic mass is 10.0. The summed E-state index contributed by atoms with van der Waals surface area (Å²) in [6.07, 6.45) is 46.4. The molecular formula is C48H90O6. The Morgan fingerprint density at radius 1 is 0.352 bits per heavy atom. The molecule has 0 aliphatic rings. The Morgan fingerprint density at radius 2 is 0.630 bits per heavy atom. The highest BCUT2D eigenvalue weighted by Crippen LogP contribution is 2.16. The van der Waals surface area contributed by atoms with Crippen LogP contribution < -0.4 is 0 Å². The molecule has 0 aliphatic carbocycles. The van der Waals surface area contributed by atoms with Crippen LogP contribution in [0.2, 0.25) is 0 Å². The van der Waals surface area contributed by atoms with Gasteiger partial charge in [-0.05, 0) is 38.5 Å². The maximum atomic E-state index is 12.6. The van der Waals surface area contributed by atoms with E-state index in [2.05, 4.69) is 32.9 Å². The molecule has 0 saturated heterocycles. The molecule has 0 bridgehead atoms. The molecule has 6 heteroatoms. The van der Waals surface area contributed by atoms with Crippen molar-refractivity contribution in [3.63, 3.8) is 0 Å². The molecule has 1 unspecified atom stereocenters. The predicted octanol–water partition coefficient (Wildman–Crippen LogP) is 15.0. The molecule has 318 valence electrons. The van der Waals surface area contributed by atoms with Crippen LogP contribution in [-0.2, 0) is 28.6 Å². The van der Waals surface area contributed by atoms with Crippen LogP contribution in [0, 0.1) is 0 Å². The maximum Gasteiger partial charge on any atom is 0.306 e. The second-order valence-electron chi connectivity index (χ2n) is 16.0. The highest BCUT2D eigenvalue weighted by atomic mass is 16.6. The van der Waals surface area contributed by atoms with E-state index in [0.29, 0.717) is 19.3 Å². The topological polar surface area (TPSA) is 78.9 Å². The zero-order valence-electron chi connectivity index (χ0n) is 36.3. The van der Waals surface area contributed by atoms with Gasteiger partial charge in [-0.3, -0.25) is 14.4 Å². The molecule has 0 rings (SSSR count). The third-order valence-corrected chi connectivity index (χ3v) is 10.5. The van der Waals surface area contributed by atoms with Gasteiger partial charge in [-0.15, -0.1) is 0 Å². The number of carbonyl (C=O) groups excluding carboxylic acids is 3.